The van der Waals surface area contributed by atoms with Gasteiger partial charge in [0.15, 0.2) is 17.5 Å². The summed E-state index contributed by atoms with van der Waals surface area (Å²) < 4.78 is 0. The van der Waals surface area contributed by atoms with Gasteiger partial charge in [-0.15, -0.1) is 0 Å². The summed E-state index contributed by atoms with van der Waals surface area (Å²) in [6, 6.07) is 43.4. The van der Waals surface area contributed by atoms with Gasteiger partial charge < -0.3 is 0 Å². The normalized spacial score (nSPS) is 10.7. The van der Waals surface area contributed by atoms with Crippen LogP contribution in [-0.2, 0) is 0 Å². The van der Waals surface area contributed by atoms with Crippen molar-refractivity contribution in [2.45, 2.75) is 0 Å². The van der Waals surface area contributed by atoms with E-state index in [1.54, 1.807) is 18.5 Å². The number of hydrogen-bond acceptors (Lipinski definition) is 7. The molecule has 7 rings (SSSR count). The zero-order valence-electron chi connectivity index (χ0n) is 23.4. The van der Waals surface area contributed by atoms with Crippen LogP contribution < -0.4 is 0 Å². The fourth-order valence-electron chi connectivity index (χ4n) is 4.82. The predicted octanol–water partition coefficient (Wildman–Crippen LogP) is 7.93. The van der Waals surface area contributed by atoms with Gasteiger partial charge in [-0.3, -0.25) is 9.97 Å². The van der Waals surface area contributed by atoms with Crippen molar-refractivity contribution in [1.82, 2.24) is 29.9 Å². The Hall–Kier alpha value is -6.39. The van der Waals surface area contributed by atoms with Gasteiger partial charge in [-0.25, -0.2) is 19.9 Å². The summed E-state index contributed by atoms with van der Waals surface area (Å²) in [6.45, 7) is 0. The average Bonchev–Trinajstić information content (AvgIpc) is 3.12. The fraction of sp³-hybridized carbons (Fsp3) is 0. The minimum Gasteiger partial charge on any atom is -0.254 e. The van der Waals surface area contributed by atoms with Gasteiger partial charge in [0.2, 0.25) is 0 Å². The SMILES string of the molecule is N#Cc1ccc(-c2cc(-c3ccccc3)cc(-c3ccc(-c4nc(-c5ccccc5)nc(-c5ccccc5)n4)cn3)n2)nc1. The number of nitriles is 1. The molecule has 0 unspecified atom stereocenters. The topological polar surface area (TPSA) is 101 Å². The van der Waals surface area contributed by atoms with Crippen LogP contribution in [0.25, 0.3) is 68.1 Å². The molecule has 0 aliphatic carbocycles. The first-order valence-corrected chi connectivity index (χ1v) is 14.0. The van der Waals surface area contributed by atoms with Crippen LogP contribution in [0.3, 0.4) is 0 Å². The highest BCUT2D eigenvalue weighted by Crippen LogP contribution is 2.30. The lowest BCUT2D eigenvalue weighted by Crippen LogP contribution is -2.00. The van der Waals surface area contributed by atoms with E-state index in [0.717, 1.165) is 27.8 Å². The molecule has 7 nitrogen and oxygen atoms in total. The molecule has 0 aliphatic heterocycles. The van der Waals surface area contributed by atoms with Crippen LogP contribution in [0.15, 0.2) is 140 Å². The van der Waals surface area contributed by atoms with Crippen molar-refractivity contribution >= 4 is 0 Å². The van der Waals surface area contributed by atoms with E-state index in [4.69, 9.17) is 24.9 Å². The number of hydrogen-bond donors (Lipinski definition) is 0. The third kappa shape index (κ3) is 5.56. The van der Waals surface area contributed by atoms with Gasteiger partial charge >= 0.3 is 0 Å². The molecule has 4 heterocycles. The smallest absolute Gasteiger partial charge is 0.165 e. The first kappa shape index (κ1) is 26.5. The molecule has 0 atom stereocenters. The molecule has 7 heteroatoms. The summed E-state index contributed by atoms with van der Waals surface area (Å²) in [6.07, 6.45) is 3.33. The van der Waals surface area contributed by atoms with Gasteiger partial charge in [-0.05, 0) is 47.5 Å². The quantitative estimate of drug-likeness (QED) is 0.202. The average molecular weight is 566 g/mol. The van der Waals surface area contributed by atoms with Gasteiger partial charge in [-0.1, -0.05) is 91.0 Å². The minimum atomic E-state index is 0.495. The molecule has 0 fully saturated rings. The molecule has 4 aromatic heterocycles. The van der Waals surface area contributed by atoms with Crippen molar-refractivity contribution in [3.63, 3.8) is 0 Å². The van der Waals surface area contributed by atoms with Crippen LogP contribution in [0, 0.1) is 11.3 Å². The van der Waals surface area contributed by atoms with Crippen molar-refractivity contribution in [3.05, 3.63) is 145 Å². The predicted molar refractivity (Wildman–Crippen MR) is 171 cm³/mol. The van der Waals surface area contributed by atoms with E-state index in [9.17, 15) is 5.26 Å². The highest BCUT2D eigenvalue weighted by atomic mass is 15.0. The molecular weight excluding hydrogens is 542 g/mol. The highest BCUT2D eigenvalue weighted by molar-refractivity contribution is 5.75. The van der Waals surface area contributed by atoms with Crippen molar-refractivity contribution in [1.29, 1.82) is 5.26 Å². The van der Waals surface area contributed by atoms with Crippen LogP contribution >= 0.6 is 0 Å². The number of nitrogens with zero attached hydrogens (tertiary/aromatic N) is 7. The molecule has 0 saturated carbocycles. The molecule has 7 aromatic rings. The lowest BCUT2D eigenvalue weighted by Gasteiger charge is -2.10. The van der Waals surface area contributed by atoms with Gasteiger partial charge in [0, 0.05) is 29.1 Å². The van der Waals surface area contributed by atoms with E-state index in [1.807, 2.05) is 109 Å². The molecule has 0 amide bonds. The van der Waals surface area contributed by atoms with E-state index in [1.165, 1.54) is 0 Å². The Morgan fingerprint density at radius 1 is 0.386 bits per heavy atom. The van der Waals surface area contributed by atoms with E-state index in [2.05, 4.69) is 23.2 Å². The number of aromatic nitrogens is 6. The monoisotopic (exact) mass is 565 g/mol. The van der Waals surface area contributed by atoms with Crippen LogP contribution in [0.2, 0.25) is 0 Å². The van der Waals surface area contributed by atoms with Crippen molar-refractivity contribution in [2.75, 3.05) is 0 Å². The summed E-state index contributed by atoms with van der Waals surface area (Å²) in [5.41, 5.74) is 7.86. The van der Waals surface area contributed by atoms with Gasteiger partial charge in [0.1, 0.15) is 6.07 Å². The second kappa shape index (κ2) is 11.8. The molecule has 0 aliphatic rings. The second-order valence-electron chi connectivity index (χ2n) is 10.0. The first-order chi connectivity index (χ1) is 21.7. The largest absolute Gasteiger partial charge is 0.254 e. The fourth-order valence-corrected chi connectivity index (χ4v) is 4.82. The molecule has 44 heavy (non-hydrogen) atoms. The molecule has 206 valence electrons. The Bertz CT molecular complexity index is 2030. The van der Waals surface area contributed by atoms with Crippen LogP contribution in [0.5, 0.6) is 0 Å². The first-order valence-electron chi connectivity index (χ1n) is 14.0. The minimum absolute atomic E-state index is 0.495. The summed E-state index contributed by atoms with van der Waals surface area (Å²) >= 11 is 0. The van der Waals surface area contributed by atoms with E-state index in [-0.39, 0.29) is 0 Å². The second-order valence-corrected chi connectivity index (χ2v) is 10.0. The Labute approximate surface area is 254 Å². The number of pyridine rings is 3. The maximum Gasteiger partial charge on any atom is 0.165 e. The van der Waals surface area contributed by atoms with Crippen LogP contribution in [-0.4, -0.2) is 29.9 Å². The molecule has 0 radical (unpaired) electrons. The Morgan fingerprint density at radius 2 is 0.864 bits per heavy atom. The van der Waals surface area contributed by atoms with E-state index >= 15 is 0 Å². The standard InChI is InChI=1S/C37H23N7/c38-22-25-16-18-31(39-23-25)33-20-30(26-10-4-1-5-11-26)21-34(41-33)32-19-17-29(24-40-32)37-43-35(27-12-6-2-7-13-27)42-36(44-37)28-14-8-3-9-15-28/h1-21,23-24H. The van der Waals surface area contributed by atoms with Crippen molar-refractivity contribution < 1.29 is 0 Å². The van der Waals surface area contributed by atoms with Gasteiger partial charge in [0.05, 0.1) is 28.3 Å². The highest BCUT2D eigenvalue weighted by Gasteiger charge is 2.14. The lowest BCUT2D eigenvalue weighted by molar-refractivity contribution is 1.07. The molecule has 0 spiro atoms. The zero-order valence-corrected chi connectivity index (χ0v) is 23.4. The van der Waals surface area contributed by atoms with Gasteiger partial charge in [-0.2, -0.15) is 5.26 Å². The van der Waals surface area contributed by atoms with Crippen LogP contribution in [0.1, 0.15) is 5.56 Å². The molecular formula is C37H23N7. The number of benzene rings is 3. The van der Waals surface area contributed by atoms with E-state index < -0.39 is 0 Å². The summed E-state index contributed by atoms with van der Waals surface area (Å²) in [5, 5.41) is 9.21. The van der Waals surface area contributed by atoms with Crippen molar-refractivity contribution in [2.24, 2.45) is 0 Å². The maximum atomic E-state index is 9.21. The summed E-state index contributed by atoms with van der Waals surface area (Å²) in [4.78, 5) is 28.6. The molecule has 0 N–H and O–H groups in total. The Balaban J connectivity index is 1.30. The Morgan fingerprint density at radius 3 is 1.32 bits per heavy atom. The summed E-state index contributed by atoms with van der Waals surface area (Å²) in [7, 11) is 0. The molecule has 3 aromatic carbocycles. The Kier molecular flexibility index (Phi) is 7.13. The third-order valence-electron chi connectivity index (χ3n) is 7.07. The number of rotatable bonds is 6. The van der Waals surface area contributed by atoms with Crippen molar-refractivity contribution in [3.8, 4) is 74.1 Å². The lowest BCUT2D eigenvalue weighted by atomic mass is 10.0. The molecule has 0 bridgehead atoms. The van der Waals surface area contributed by atoms with Crippen LogP contribution in [0.4, 0.5) is 0 Å². The molecule has 0 saturated heterocycles. The maximum absolute atomic E-state index is 9.21. The third-order valence-corrected chi connectivity index (χ3v) is 7.07. The zero-order chi connectivity index (χ0) is 29.7. The summed E-state index contributed by atoms with van der Waals surface area (Å²) in [5.74, 6) is 1.72. The van der Waals surface area contributed by atoms with E-state index in [0.29, 0.717) is 45.8 Å². The van der Waals surface area contributed by atoms with Gasteiger partial charge in [0.25, 0.3) is 0 Å².